The first-order valence-electron chi connectivity index (χ1n) is 7.56. The van der Waals surface area contributed by atoms with Crippen molar-refractivity contribution < 1.29 is 4.79 Å². The van der Waals surface area contributed by atoms with Crippen molar-refractivity contribution in [3.63, 3.8) is 0 Å². The number of amides is 1. The monoisotopic (exact) mass is 285 g/mol. The second-order valence-corrected chi connectivity index (χ2v) is 5.22. The van der Waals surface area contributed by atoms with E-state index in [0.29, 0.717) is 5.56 Å². The highest BCUT2D eigenvalue weighted by molar-refractivity contribution is 6.09. The summed E-state index contributed by atoms with van der Waals surface area (Å²) in [4.78, 5) is 18.7. The highest BCUT2D eigenvalue weighted by atomic mass is 16.2. The van der Waals surface area contributed by atoms with E-state index in [0.717, 1.165) is 42.5 Å². The molecule has 0 spiro atoms. The van der Waals surface area contributed by atoms with Crippen molar-refractivity contribution in [1.82, 2.24) is 9.88 Å². The molecule has 112 valence electrons. The average molecular weight is 285 g/mol. The quantitative estimate of drug-likeness (QED) is 0.883. The summed E-state index contributed by atoms with van der Waals surface area (Å²) in [6.07, 6.45) is 3.68. The SMILES string of the molecule is CCCNc1ncc(C(=O)N(C)CCC)c2ccccc12. The van der Waals surface area contributed by atoms with Gasteiger partial charge in [-0.15, -0.1) is 0 Å². The van der Waals surface area contributed by atoms with Crippen molar-refractivity contribution in [2.75, 3.05) is 25.5 Å². The maximum atomic E-state index is 12.5. The van der Waals surface area contributed by atoms with Crippen molar-refractivity contribution in [3.8, 4) is 0 Å². The van der Waals surface area contributed by atoms with Gasteiger partial charge in [-0.05, 0) is 18.2 Å². The van der Waals surface area contributed by atoms with Crippen LogP contribution in [0.25, 0.3) is 10.8 Å². The molecule has 0 unspecified atom stereocenters. The Morgan fingerprint density at radius 3 is 2.57 bits per heavy atom. The molecule has 1 N–H and O–H groups in total. The number of nitrogens with zero attached hydrogens (tertiary/aromatic N) is 2. The molecule has 1 heterocycles. The Labute approximate surface area is 126 Å². The second kappa shape index (κ2) is 7.07. The number of aromatic nitrogens is 1. The summed E-state index contributed by atoms with van der Waals surface area (Å²) in [6.45, 7) is 5.81. The number of rotatable bonds is 6. The summed E-state index contributed by atoms with van der Waals surface area (Å²) < 4.78 is 0. The molecule has 0 aliphatic rings. The molecular weight excluding hydrogens is 262 g/mol. The maximum absolute atomic E-state index is 12.5. The minimum Gasteiger partial charge on any atom is -0.370 e. The van der Waals surface area contributed by atoms with Gasteiger partial charge in [-0.1, -0.05) is 38.1 Å². The van der Waals surface area contributed by atoms with E-state index in [-0.39, 0.29) is 5.91 Å². The van der Waals surface area contributed by atoms with Crippen LogP contribution in [0.5, 0.6) is 0 Å². The molecule has 0 aliphatic heterocycles. The molecular formula is C17H23N3O. The Morgan fingerprint density at radius 2 is 1.90 bits per heavy atom. The van der Waals surface area contributed by atoms with Gasteiger partial charge in [0.15, 0.2) is 0 Å². The highest BCUT2D eigenvalue weighted by Gasteiger charge is 2.16. The standard InChI is InChI=1S/C17H23N3O/c1-4-10-18-16-14-9-7-6-8-13(14)15(12-19-16)17(21)20(3)11-5-2/h6-9,12H,4-5,10-11H2,1-3H3,(H,18,19). The number of benzene rings is 1. The summed E-state index contributed by atoms with van der Waals surface area (Å²) in [6, 6.07) is 7.94. The smallest absolute Gasteiger partial charge is 0.255 e. The lowest BCUT2D eigenvalue weighted by Gasteiger charge is -2.18. The van der Waals surface area contributed by atoms with Crippen LogP contribution in [-0.2, 0) is 0 Å². The minimum atomic E-state index is 0.0302. The Hall–Kier alpha value is -2.10. The third-order valence-corrected chi connectivity index (χ3v) is 3.47. The van der Waals surface area contributed by atoms with Crippen molar-refractivity contribution in [2.45, 2.75) is 26.7 Å². The molecule has 1 aromatic heterocycles. The number of anilines is 1. The summed E-state index contributed by atoms with van der Waals surface area (Å²) in [5, 5.41) is 5.28. The molecule has 1 amide bonds. The van der Waals surface area contributed by atoms with Gasteiger partial charge in [0.2, 0.25) is 0 Å². The van der Waals surface area contributed by atoms with Crippen LogP contribution in [0.2, 0.25) is 0 Å². The lowest BCUT2D eigenvalue weighted by atomic mass is 10.1. The zero-order chi connectivity index (χ0) is 15.2. The van der Waals surface area contributed by atoms with Crippen LogP contribution < -0.4 is 5.32 Å². The van der Waals surface area contributed by atoms with E-state index in [1.807, 2.05) is 31.3 Å². The average Bonchev–Trinajstić information content (AvgIpc) is 2.52. The second-order valence-electron chi connectivity index (χ2n) is 5.22. The first-order valence-corrected chi connectivity index (χ1v) is 7.56. The zero-order valence-electron chi connectivity index (χ0n) is 13.0. The predicted molar refractivity (Wildman–Crippen MR) is 87.8 cm³/mol. The van der Waals surface area contributed by atoms with Crippen LogP contribution in [0.15, 0.2) is 30.5 Å². The van der Waals surface area contributed by atoms with E-state index in [2.05, 4.69) is 24.1 Å². The highest BCUT2D eigenvalue weighted by Crippen LogP contribution is 2.25. The summed E-state index contributed by atoms with van der Waals surface area (Å²) in [5.74, 6) is 0.879. The Balaban J connectivity index is 2.44. The van der Waals surface area contributed by atoms with E-state index in [1.54, 1.807) is 11.1 Å². The number of hydrogen-bond acceptors (Lipinski definition) is 3. The molecule has 2 rings (SSSR count). The molecule has 4 heteroatoms. The van der Waals surface area contributed by atoms with Crippen LogP contribution in [0.1, 0.15) is 37.0 Å². The molecule has 2 aromatic rings. The van der Waals surface area contributed by atoms with Gasteiger partial charge in [0.05, 0.1) is 5.56 Å². The normalized spacial score (nSPS) is 10.6. The van der Waals surface area contributed by atoms with Gasteiger partial charge in [-0.2, -0.15) is 0 Å². The molecule has 21 heavy (non-hydrogen) atoms. The van der Waals surface area contributed by atoms with E-state index >= 15 is 0 Å². The van der Waals surface area contributed by atoms with Gasteiger partial charge in [0.1, 0.15) is 5.82 Å². The number of carbonyl (C=O) groups is 1. The van der Waals surface area contributed by atoms with Crippen molar-refractivity contribution >= 4 is 22.5 Å². The van der Waals surface area contributed by atoms with Crippen molar-refractivity contribution in [3.05, 3.63) is 36.0 Å². The summed E-state index contributed by atoms with van der Waals surface area (Å²) in [7, 11) is 1.84. The number of hydrogen-bond donors (Lipinski definition) is 1. The van der Waals surface area contributed by atoms with Crippen molar-refractivity contribution in [2.24, 2.45) is 0 Å². The summed E-state index contributed by atoms with van der Waals surface area (Å²) in [5.41, 5.74) is 0.670. The third-order valence-electron chi connectivity index (χ3n) is 3.47. The van der Waals surface area contributed by atoms with Crippen LogP contribution in [0.3, 0.4) is 0 Å². The lowest BCUT2D eigenvalue weighted by molar-refractivity contribution is 0.0796. The van der Waals surface area contributed by atoms with Gasteiger partial charge in [-0.3, -0.25) is 4.79 Å². The first-order chi connectivity index (χ1) is 10.2. The van der Waals surface area contributed by atoms with E-state index in [9.17, 15) is 4.79 Å². The van der Waals surface area contributed by atoms with Crippen molar-refractivity contribution in [1.29, 1.82) is 0 Å². The van der Waals surface area contributed by atoms with E-state index in [4.69, 9.17) is 0 Å². The molecule has 0 aliphatic carbocycles. The fourth-order valence-corrected chi connectivity index (χ4v) is 2.39. The van der Waals surface area contributed by atoms with Crippen LogP contribution in [0, 0.1) is 0 Å². The first kappa shape index (κ1) is 15.3. The van der Waals surface area contributed by atoms with Gasteiger partial charge in [0.25, 0.3) is 5.91 Å². The predicted octanol–water partition coefficient (Wildman–Crippen LogP) is 3.54. The number of nitrogens with one attached hydrogen (secondary N) is 1. The van der Waals surface area contributed by atoms with Crippen LogP contribution in [0.4, 0.5) is 5.82 Å². The lowest BCUT2D eigenvalue weighted by Crippen LogP contribution is -2.27. The Bertz CT molecular complexity index is 624. The zero-order valence-corrected chi connectivity index (χ0v) is 13.0. The minimum absolute atomic E-state index is 0.0302. The van der Waals surface area contributed by atoms with Gasteiger partial charge in [-0.25, -0.2) is 4.98 Å². The van der Waals surface area contributed by atoms with E-state index < -0.39 is 0 Å². The third kappa shape index (κ3) is 3.32. The maximum Gasteiger partial charge on any atom is 0.255 e. The van der Waals surface area contributed by atoms with Gasteiger partial charge >= 0.3 is 0 Å². The van der Waals surface area contributed by atoms with E-state index in [1.165, 1.54) is 0 Å². The largest absolute Gasteiger partial charge is 0.370 e. The number of pyridine rings is 1. The molecule has 0 atom stereocenters. The molecule has 1 aromatic carbocycles. The molecule has 0 saturated heterocycles. The Kier molecular flexibility index (Phi) is 5.14. The molecule has 0 saturated carbocycles. The topological polar surface area (TPSA) is 45.2 Å². The van der Waals surface area contributed by atoms with Gasteiger partial charge < -0.3 is 10.2 Å². The molecule has 0 fully saturated rings. The summed E-state index contributed by atoms with van der Waals surface area (Å²) >= 11 is 0. The van der Waals surface area contributed by atoms with Crippen LogP contribution in [-0.4, -0.2) is 35.9 Å². The van der Waals surface area contributed by atoms with Gasteiger partial charge in [0, 0.05) is 31.7 Å². The number of fused-ring (bicyclic) bond motifs is 1. The fourth-order valence-electron chi connectivity index (χ4n) is 2.39. The molecule has 0 radical (unpaired) electrons. The number of carbonyl (C=O) groups excluding carboxylic acids is 1. The molecule has 0 bridgehead atoms. The van der Waals surface area contributed by atoms with Crippen LogP contribution >= 0.6 is 0 Å². The Morgan fingerprint density at radius 1 is 1.19 bits per heavy atom. The molecule has 4 nitrogen and oxygen atoms in total. The fraction of sp³-hybridized carbons (Fsp3) is 0.412.